The number of hydrogen-bond donors (Lipinski definition) is 2. The Hall–Kier alpha value is -0.490. The van der Waals surface area contributed by atoms with Crippen molar-refractivity contribution in [2.24, 2.45) is 0 Å². The van der Waals surface area contributed by atoms with Crippen LogP contribution in [0.3, 0.4) is 0 Å². The molecular formula is C11H15BrClNO3. The highest BCUT2D eigenvalue weighted by Gasteiger charge is 2.21. The smallest absolute Gasteiger partial charge is 0.162 e. The van der Waals surface area contributed by atoms with Gasteiger partial charge in [0.2, 0.25) is 0 Å². The molecule has 1 aromatic carbocycles. The van der Waals surface area contributed by atoms with Gasteiger partial charge in [0.15, 0.2) is 11.5 Å². The highest BCUT2D eigenvalue weighted by Crippen LogP contribution is 2.37. The molecule has 6 heteroatoms. The second-order valence-electron chi connectivity index (χ2n) is 3.63. The minimum atomic E-state index is 0. The van der Waals surface area contributed by atoms with Crippen LogP contribution in [0.15, 0.2) is 16.6 Å². The molecule has 0 bridgehead atoms. The van der Waals surface area contributed by atoms with Gasteiger partial charge in [0.25, 0.3) is 0 Å². The van der Waals surface area contributed by atoms with Crippen LogP contribution in [-0.2, 0) is 4.74 Å². The van der Waals surface area contributed by atoms with Gasteiger partial charge in [-0.3, -0.25) is 0 Å². The molecule has 0 radical (unpaired) electrons. The minimum Gasteiger partial charge on any atom is -0.504 e. The summed E-state index contributed by atoms with van der Waals surface area (Å²) < 4.78 is 11.4. The lowest BCUT2D eigenvalue weighted by Crippen LogP contribution is -2.34. The maximum atomic E-state index is 10.0. The summed E-state index contributed by atoms with van der Waals surface area (Å²) in [7, 11) is 1.54. The molecule has 1 aromatic rings. The summed E-state index contributed by atoms with van der Waals surface area (Å²) in [4.78, 5) is 0. The lowest BCUT2D eigenvalue weighted by atomic mass is 10.1. The van der Waals surface area contributed by atoms with Crippen molar-refractivity contribution in [3.63, 3.8) is 0 Å². The van der Waals surface area contributed by atoms with E-state index in [1.807, 2.05) is 6.07 Å². The molecule has 1 saturated heterocycles. The summed E-state index contributed by atoms with van der Waals surface area (Å²) in [5.41, 5.74) is 0.797. The molecule has 2 N–H and O–H groups in total. The number of morpholine rings is 1. The fourth-order valence-electron chi connectivity index (χ4n) is 1.78. The van der Waals surface area contributed by atoms with Crippen LogP contribution in [-0.4, -0.2) is 32.0 Å². The van der Waals surface area contributed by atoms with E-state index in [1.165, 1.54) is 7.11 Å². The number of phenols is 1. The SMILES string of the molecule is COc1cc(Br)cc([C@@H]2COCCN2)c1O.Cl. The molecule has 0 spiro atoms. The van der Waals surface area contributed by atoms with Crippen molar-refractivity contribution in [2.45, 2.75) is 6.04 Å². The van der Waals surface area contributed by atoms with Gasteiger partial charge in [-0.05, 0) is 12.1 Å². The van der Waals surface area contributed by atoms with Crippen molar-refractivity contribution in [1.82, 2.24) is 5.32 Å². The average Bonchev–Trinajstić information content (AvgIpc) is 2.33. The van der Waals surface area contributed by atoms with Crippen molar-refractivity contribution >= 4 is 28.3 Å². The highest BCUT2D eigenvalue weighted by atomic mass is 79.9. The lowest BCUT2D eigenvalue weighted by Gasteiger charge is -2.25. The number of benzene rings is 1. The summed E-state index contributed by atoms with van der Waals surface area (Å²) in [5, 5.41) is 13.3. The van der Waals surface area contributed by atoms with Crippen molar-refractivity contribution in [2.75, 3.05) is 26.9 Å². The molecule has 1 aliphatic rings. The Morgan fingerprint density at radius 3 is 2.88 bits per heavy atom. The molecule has 1 heterocycles. The van der Waals surface area contributed by atoms with Gasteiger partial charge in [0.05, 0.1) is 26.4 Å². The third kappa shape index (κ3) is 3.25. The summed E-state index contributed by atoms with van der Waals surface area (Å²) in [5.74, 6) is 0.644. The lowest BCUT2D eigenvalue weighted by molar-refractivity contribution is 0.0759. The molecule has 1 fully saturated rings. The van der Waals surface area contributed by atoms with Crippen molar-refractivity contribution in [3.05, 3.63) is 22.2 Å². The molecular weight excluding hydrogens is 309 g/mol. The summed E-state index contributed by atoms with van der Waals surface area (Å²) >= 11 is 3.39. The number of hydrogen-bond acceptors (Lipinski definition) is 4. The summed E-state index contributed by atoms with van der Waals surface area (Å²) in [6.07, 6.45) is 0. The first-order chi connectivity index (χ1) is 7.72. The van der Waals surface area contributed by atoms with Crippen molar-refractivity contribution in [3.8, 4) is 11.5 Å². The maximum absolute atomic E-state index is 10.0. The zero-order chi connectivity index (χ0) is 11.5. The quantitative estimate of drug-likeness (QED) is 0.876. The standard InChI is InChI=1S/C11H14BrNO3.ClH/c1-15-10-5-7(12)4-8(11(10)14)9-6-16-3-2-13-9;/h4-5,9,13-14H,2-3,6H2,1H3;1H/t9-;/m0./s1. The third-order valence-electron chi connectivity index (χ3n) is 2.59. The van der Waals surface area contributed by atoms with Crippen LogP contribution in [0, 0.1) is 0 Å². The van der Waals surface area contributed by atoms with Gasteiger partial charge in [-0.25, -0.2) is 0 Å². The van der Waals surface area contributed by atoms with Gasteiger partial charge < -0.3 is 19.9 Å². The Morgan fingerprint density at radius 2 is 2.29 bits per heavy atom. The van der Waals surface area contributed by atoms with Gasteiger partial charge in [0.1, 0.15) is 0 Å². The van der Waals surface area contributed by atoms with Crippen LogP contribution < -0.4 is 10.1 Å². The Bertz CT molecular complexity index is 383. The molecule has 0 unspecified atom stereocenters. The fraction of sp³-hybridized carbons (Fsp3) is 0.455. The largest absolute Gasteiger partial charge is 0.504 e. The van der Waals surface area contributed by atoms with Crippen LogP contribution in [0.2, 0.25) is 0 Å². The molecule has 1 aliphatic heterocycles. The monoisotopic (exact) mass is 323 g/mol. The molecule has 0 amide bonds. The van der Waals surface area contributed by atoms with Gasteiger partial charge in [-0.2, -0.15) is 0 Å². The maximum Gasteiger partial charge on any atom is 0.162 e. The zero-order valence-electron chi connectivity index (χ0n) is 9.40. The van der Waals surface area contributed by atoms with Gasteiger partial charge in [-0.15, -0.1) is 12.4 Å². The van der Waals surface area contributed by atoms with Crippen LogP contribution in [0.25, 0.3) is 0 Å². The predicted octanol–water partition coefficient (Wildman–Crippen LogP) is 2.25. The van der Waals surface area contributed by atoms with Gasteiger partial charge in [-0.1, -0.05) is 15.9 Å². The summed E-state index contributed by atoms with van der Waals surface area (Å²) in [6.45, 7) is 2.06. The van der Waals surface area contributed by atoms with E-state index in [1.54, 1.807) is 6.07 Å². The molecule has 2 rings (SSSR count). The topological polar surface area (TPSA) is 50.7 Å². The molecule has 17 heavy (non-hydrogen) atoms. The van der Waals surface area contributed by atoms with Crippen LogP contribution in [0.4, 0.5) is 0 Å². The van der Waals surface area contributed by atoms with Crippen LogP contribution in [0.1, 0.15) is 11.6 Å². The Balaban J connectivity index is 0.00000144. The van der Waals surface area contributed by atoms with Crippen LogP contribution in [0.5, 0.6) is 11.5 Å². The highest BCUT2D eigenvalue weighted by molar-refractivity contribution is 9.10. The zero-order valence-corrected chi connectivity index (χ0v) is 11.8. The van der Waals surface area contributed by atoms with E-state index in [9.17, 15) is 5.11 Å². The van der Waals surface area contributed by atoms with Crippen molar-refractivity contribution < 1.29 is 14.6 Å². The first kappa shape index (κ1) is 14.6. The third-order valence-corrected chi connectivity index (χ3v) is 3.04. The Morgan fingerprint density at radius 1 is 1.53 bits per heavy atom. The first-order valence-electron chi connectivity index (χ1n) is 5.10. The van der Waals surface area contributed by atoms with E-state index >= 15 is 0 Å². The molecule has 96 valence electrons. The van der Waals surface area contributed by atoms with E-state index in [2.05, 4.69) is 21.2 Å². The number of halogens is 2. The predicted molar refractivity (Wildman–Crippen MR) is 71.2 cm³/mol. The Labute approximate surface area is 115 Å². The number of rotatable bonds is 2. The van der Waals surface area contributed by atoms with E-state index in [-0.39, 0.29) is 24.2 Å². The fourth-order valence-corrected chi connectivity index (χ4v) is 2.24. The summed E-state index contributed by atoms with van der Waals surface area (Å²) in [6, 6.07) is 3.63. The minimum absolute atomic E-state index is 0. The number of ether oxygens (including phenoxy) is 2. The number of phenolic OH excluding ortho intramolecular Hbond substituents is 1. The Kier molecular flexibility index (Phi) is 5.52. The molecule has 0 aromatic heterocycles. The number of methoxy groups -OCH3 is 1. The van der Waals surface area contributed by atoms with E-state index < -0.39 is 0 Å². The molecule has 0 saturated carbocycles. The van der Waals surface area contributed by atoms with Gasteiger partial charge in [0, 0.05) is 16.6 Å². The molecule has 4 nitrogen and oxygen atoms in total. The normalized spacial score (nSPS) is 19.5. The van der Waals surface area contributed by atoms with E-state index in [4.69, 9.17) is 9.47 Å². The number of aromatic hydroxyl groups is 1. The van der Waals surface area contributed by atoms with Crippen LogP contribution >= 0.6 is 28.3 Å². The number of nitrogens with one attached hydrogen (secondary N) is 1. The average molecular weight is 325 g/mol. The van der Waals surface area contributed by atoms with Gasteiger partial charge >= 0.3 is 0 Å². The second kappa shape index (κ2) is 6.44. The second-order valence-corrected chi connectivity index (χ2v) is 4.54. The first-order valence-corrected chi connectivity index (χ1v) is 5.89. The van der Waals surface area contributed by atoms with E-state index in [0.717, 1.165) is 16.6 Å². The molecule has 1 atom stereocenters. The van der Waals surface area contributed by atoms with E-state index in [0.29, 0.717) is 19.0 Å². The van der Waals surface area contributed by atoms with Crippen molar-refractivity contribution in [1.29, 1.82) is 0 Å². The molecule has 0 aliphatic carbocycles.